The highest BCUT2D eigenvalue weighted by Gasteiger charge is 2.16. The molecule has 5 rings (SSSR count). The molecule has 0 spiro atoms. The van der Waals surface area contributed by atoms with Gasteiger partial charge in [0.15, 0.2) is 5.82 Å². The number of fused-ring (bicyclic) bond motifs is 1. The van der Waals surface area contributed by atoms with E-state index < -0.39 is 0 Å². The van der Waals surface area contributed by atoms with Crippen LogP contribution < -0.4 is 9.47 Å². The molecule has 0 N–H and O–H groups in total. The Balaban J connectivity index is 1.54. The van der Waals surface area contributed by atoms with Gasteiger partial charge in [-0.05, 0) is 67.4 Å². The molecule has 0 atom stereocenters. The number of ether oxygens (including phenoxy) is 2. The molecule has 0 bridgehead atoms. The molecule has 1 fully saturated rings. The molecule has 1 aliphatic heterocycles. The van der Waals surface area contributed by atoms with Gasteiger partial charge in [-0.15, -0.1) is 0 Å². The second-order valence-electron chi connectivity index (χ2n) is 8.46. The second kappa shape index (κ2) is 10.5. The number of benzene rings is 3. The number of para-hydroxylation sites is 1. The van der Waals surface area contributed by atoms with Crippen LogP contribution in [0.25, 0.3) is 22.6 Å². The zero-order valence-corrected chi connectivity index (χ0v) is 19.5. The average Bonchev–Trinajstić information content (AvgIpc) is 3.41. The Labute approximate surface area is 200 Å². The van der Waals surface area contributed by atoms with Gasteiger partial charge in [-0.25, -0.2) is 4.98 Å². The van der Waals surface area contributed by atoms with E-state index in [1.807, 2.05) is 66.7 Å². The number of nitrogens with zero attached hydrogens (tertiary/aromatic N) is 3. The smallest absolute Gasteiger partial charge is 0.225 e. The topological polar surface area (TPSA) is 47.5 Å². The summed E-state index contributed by atoms with van der Waals surface area (Å²) in [7, 11) is 1.68. The monoisotopic (exact) mass is 451 g/mol. The molecular weight excluding hydrogens is 422 g/mol. The standard InChI is InChI=1S/C29H29N3O2/c1-33-24-15-13-22(14-16-24)21-26(23-9-3-2-4-10-23)28-30-27-12-6-5-11-25(27)29(31-28)34-20-19-32-17-7-8-18-32/h2-6,9-16,21H,7-8,17-20H2,1H3/b26-21+. The van der Waals surface area contributed by atoms with Gasteiger partial charge in [0.1, 0.15) is 12.4 Å². The highest BCUT2D eigenvalue weighted by molar-refractivity contribution is 5.92. The third-order valence-corrected chi connectivity index (χ3v) is 6.17. The summed E-state index contributed by atoms with van der Waals surface area (Å²) >= 11 is 0. The van der Waals surface area contributed by atoms with Crippen molar-refractivity contribution in [3.05, 3.63) is 95.8 Å². The summed E-state index contributed by atoms with van der Waals surface area (Å²) in [5, 5.41) is 0.935. The minimum atomic E-state index is 0.614. The summed E-state index contributed by atoms with van der Waals surface area (Å²) in [4.78, 5) is 12.3. The zero-order chi connectivity index (χ0) is 23.2. The Morgan fingerprint density at radius 1 is 0.882 bits per heavy atom. The first kappa shape index (κ1) is 22.1. The van der Waals surface area contributed by atoms with Crippen molar-refractivity contribution in [1.82, 2.24) is 14.9 Å². The number of aromatic nitrogens is 2. The van der Waals surface area contributed by atoms with E-state index in [0.717, 1.165) is 53.0 Å². The van der Waals surface area contributed by atoms with Crippen molar-refractivity contribution in [3.63, 3.8) is 0 Å². The largest absolute Gasteiger partial charge is 0.497 e. The third-order valence-electron chi connectivity index (χ3n) is 6.17. The highest BCUT2D eigenvalue weighted by Crippen LogP contribution is 2.29. The van der Waals surface area contributed by atoms with Crippen molar-refractivity contribution < 1.29 is 9.47 Å². The van der Waals surface area contributed by atoms with Gasteiger partial charge in [0.25, 0.3) is 0 Å². The van der Waals surface area contributed by atoms with E-state index in [1.165, 1.54) is 12.8 Å². The molecule has 172 valence electrons. The van der Waals surface area contributed by atoms with E-state index in [9.17, 15) is 0 Å². The van der Waals surface area contributed by atoms with E-state index in [-0.39, 0.29) is 0 Å². The molecule has 1 saturated heterocycles. The van der Waals surface area contributed by atoms with Crippen molar-refractivity contribution >= 4 is 22.6 Å². The molecule has 0 aliphatic carbocycles. The first-order valence-corrected chi connectivity index (χ1v) is 11.8. The van der Waals surface area contributed by atoms with Gasteiger partial charge < -0.3 is 9.47 Å². The fourth-order valence-corrected chi connectivity index (χ4v) is 4.32. The van der Waals surface area contributed by atoms with Crippen molar-refractivity contribution in [3.8, 4) is 11.6 Å². The van der Waals surface area contributed by atoms with Crippen molar-refractivity contribution in [2.45, 2.75) is 12.8 Å². The molecule has 2 heterocycles. The molecule has 3 aromatic carbocycles. The Morgan fingerprint density at radius 2 is 1.62 bits per heavy atom. The van der Waals surface area contributed by atoms with Crippen LogP contribution in [0.2, 0.25) is 0 Å². The molecule has 1 aliphatic rings. The van der Waals surface area contributed by atoms with Gasteiger partial charge in [0.05, 0.1) is 18.0 Å². The maximum atomic E-state index is 6.25. The SMILES string of the molecule is COc1ccc(/C=C(\c2ccccc2)c2nc(OCCN3CCCC3)c3ccccc3n2)cc1. The van der Waals surface area contributed by atoms with Crippen LogP contribution in [0.5, 0.6) is 11.6 Å². The fourth-order valence-electron chi connectivity index (χ4n) is 4.32. The molecule has 5 nitrogen and oxygen atoms in total. The molecule has 34 heavy (non-hydrogen) atoms. The predicted molar refractivity (Wildman–Crippen MR) is 137 cm³/mol. The Bertz CT molecular complexity index is 1260. The lowest BCUT2D eigenvalue weighted by molar-refractivity contribution is 0.233. The van der Waals surface area contributed by atoms with E-state index in [4.69, 9.17) is 19.4 Å². The van der Waals surface area contributed by atoms with Gasteiger partial charge in [-0.1, -0.05) is 54.6 Å². The molecular formula is C29H29N3O2. The normalized spacial score (nSPS) is 14.4. The molecule has 0 saturated carbocycles. The van der Waals surface area contributed by atoms with Crippen LogP contribution in [0.3, 0.4) is 0 Å². The van der Waals surface area contributed by atoms with Crippen LogP contribution >= 0.6 is 0 Å². The summed E-state index contributed by atoms with van der Waals surface area (Å²) < 4.78 is 11.6. The predicted octanol–water partition coefficient (Wildman–Crippen LogP) is 5.70. The number of methoxy groups -OCH3 is 1. The van der Waals surface area contributed by atoms with E-state index in [0.29, 0.717) is 18.3 Å². The molecule has 4 aromatic rings. The van der Waals surface area contributed by atoms with Crippen LogP contribution in [0.4, 0.5) is 0 Å². The summed E-state index contributed by atoms with van der Waals surface area (Å²) in [5.74, 6) is 2.11. The second-order valence-corrected chi connectivity index (χ2v) is 8.46. The fraction of sp³-hybridized carbons (Fsp3) is 0.241. The third kappa shape index (κ3) is 5.10. The lowest BCUT2D eigenvalue weighted by atomic mass is 10.0. The van der Waals surface area contributed by atoms with Crippen LogP contribution in [-0.4, -0.2) is 48.2 Å². The Hall–Kier alpha value is -3.70. The van der Waals surface area contributed by atoms with Gasteiger partial charge >= 0.3 is 0 Å². The summed E-state index contributed by atoms with van der Waals surface area (Å²) in [6.45, 7) is 3.84. The molecule has 0 radical (unpaired) electrons. The summed E-state index contributed by atoms with van der Waals surface area (Å²) in [6, 6.07) is 26.3. The van der Waals surface area contributed by atoms with Crippen LogP contribution in [0.15, 0.2) is 78.9 Å². The van der Waals surface area contributed by atoms with Crippen molar-refractivity contribution in [2.75, 3.05) is 33.4 Å². The number of likely N-dealkylation sites (tertiary alicyclic amines) is 1. The number of hydrogen-bond acceptors (Lipinski definition) is 5. The van der Waals surface area contributed by atoms with Gasteiger partial charge in [0, 0.05) is 12.1 Å². The van der Waals surface area contributed by atoms with Crippen LogP contribution in [-0.2, 0) is 0 Å². The Kier molecular flexibility index (Phi) is 6.82. The first-order valence-electron chi connectivity index (χ1n) is 11.8. The number of hydrogen-bond donors (Lipinski definition) is 0. The minimum Gasteiger partial charge on any atom is -0.497 e. The van der Waals surface area contributed by atoms with E-state index >= 15 is 0 Å². The first-order chi connectivity index (χ1) is 16.8. The van der Waals surface area contributed by atoms with Crippen molar-refractivity contribution in [1.29, 1.82) is 0 Å². The van der Waals surface area contributed by atoms with Gasteiger partial charge in [0.2, 0.25) is 5.88 Å². The highest BCUT2D eigenvalue weighted by atomic mass is 16.5. The van der Waals surface area contributed by atoms with Gasteiger partial charge in [-0.2, -0.15) is 4.98 Å². The lowest BCUT2D eigenvalue weighted by Gasteiger charge is -2.16. The lowest BCUT2D eigenvalue weighted by Crippen LogP contribution is -2.25. The number of rotatable bonds is 8. The molecule has 1 aromatic heterocycles. The van der Waals surface area contributed by atoms with E-state index in [1.54, 1.807) is 7.11 Å². The summed E-state index contributed by atoms with van der Waals surface area (Å²) in [5.41, 5.74) is 3.92. The molecule has 5 heteroatoms. The van der Waals surface area contributed by atoms with Gasteiger partial charge in [-0.3, -0.25) is 4.90 Å². The zero-order valence-electron chi connectivity index (χ0n) is 19.5. The molecule has 0 unspecified atom stereocenters. The van der Waals surface area contributed by atoms with Crippen LogP contribution in [0, 0.1) is 0 Å². The van der Waals surface area contributed by atoms with Crippen LogP contribution in [0.1, 0.15) is 29.8 Å². The average molecular weight is 452 g/mol. The quantitative estimate of drug-likeness (QED) is 0.322. The van der Waals surface area contributed by atoms with E-state index in [2.05, 4.69) is 23.1 Å². The Morgan fingerprint density at radius 3 is 2.38 bits per heavy atom. The molecule has 0 amide bonds. The maximum absolute atomic E-state index is 6.25. The minimum absolute atomic E-state index is 0.614. The maximum Gasteiger partial charge on any atom is 0.225 e. The summed E-state index contributed by atoms with van der Waals surface area (Å²) in [6.07, 6.45) is 4.67. The van der Waals surface area contributed by atoms with Crippen molar-refractivity contribution in [2.24, 2.45) is 0 Å².